The van der Waals surface area contributed by atoms with Gasteiger partial charge in [-0.25, -0.2) is 0 Å². The van der Waals surface area contributed by atoms with Crippen LogP contribution >= 0.6 is 0 Å². The Morgan fingerprint density at radius 3 is 2.84 bits per heavy atom. The van der Waals surface area contributed by atoms with Crippen LogP contribution in [0.4, 0.5) is 0 Å². The lowest BCUT2D eigenvalue weighted by Crippen LogP contribution is -2.47. The molecule has 1 N–H and O–H groups in total. The summed E-state index contributed by atoms with van der Waals surface area (Å²) < 4.78 is 13.7. The average Bonchev–Trinajstić information content (AvgIpc) is 3.07. The normalized spacial score (nSPS) is 23.0. The van der Waals surface area contributed by atoms with Crippen molar-refractivity contribution in [3.8, 4) is 0 Å². The fraction of sp³-hybridized carbons (Fsp3) is 0.778. The minimum absolute atomic E-state index is 0.306. The molecule has 0 bridgehead atoms. The Balaban J connectivity index is 1.38. The number of aryl methyl sites for hydroxylation is 1. The van der Waals surface area contributed by atoms with E-state index in [2.05, 4.69) is 20.3 Å². The maximum atomic E-state index is 6.10. The molecule has 0 saturated carbocycles. The van der Waals surface area contributed by atoms with Crippen LogP contribution in [0.1, 0.15) is 37.8 Å². The first kappa shape index (κ1) is 18.2. The molecule has 0 aromatic carbocycles. The summed E-state index contributed by atoms with van der Waals surface area (Å²) in [5.74, 6) is 0.954. The zero-order chi connectivity index (χ0) is 17.5. The molecule has 1 atom stereocenters. The van der Waals surface area contributed by atoms with Gasteiger partial charge in [-0.2, -0.15) is 5.10 Å². The SMILES string of the molecule is CN=C(NCc1ccnn1C)N1CCC(OCC2CCCCO2)CC1. The lowest BCUT2D eigenvalue weighted by molar-refractivity contribution is -0.0721. The highest BCUT2D eigenvalue weighted by molar-refractivity contribution is 5.79. The summed E-state index contributed by atoms with van der Waals surface area (Å²) in [5.41, 5.74) is 1.15. The van der Waals surface area contributed by atoms with E-state index >= 15 is 0 Å². The lowest BCUT2D eigenvalue weighted by atomic mass is 10.1. The summed E-state index contributed by atoms with van der Waals surface area (Å²) in [6.45, 7) is 4.32. The number of hydrogen-bond donors (Lipinski definition) is 1. The molecule has 7 nitrogen and oxygen atoms in total. The first-order chi connectivity index (χ1) is 12.3. The Bertz CT molecular complexity index is 545. The second-order valence-electron chi connectivity index (χ2n) is 6.86. The minimum atomic E-state index is 0.306. The van der Waals surface area contributed by atoms with Crippen molar-refractivity contribution in [3.63, 3.8) is 0 Å². The number of hydrogen-bond acceptors (Lipinski definition) is 4. The first-order valence-electron chi connectivity index (χ1n) is 9.42. The van der Waals surface area contributed by atoms with E-state index < -0.39 is 0 Å². The second-order valence-corrected chi connectivity index (χ2v) is 6.86. The van der Waals surface area contributed by atoms with Crippen LogP contribution in [0, 0.1) is 0 Å². The van der Waals surface area contributed by atoms with Crippen LogP contribution in [0.2, 0.25) is 0 Å². The number of aromatic nitrogens is 2. The van der Waals surface area contributed by atoms with E-state index in [1.165, 1.54) is 12.8 Å². The molecule has 3 rings (SSSR count). The third-order valence-corrected chi connectivity index (χ3v) is 5.10. The summed E-state index contributed by atoms with van der Waals surface area (Å²) in [7, 11) is 3.80. The van der Waals surface area contributed by atoms with Crippen molar-refractivity contribution < 1.29 is 9.47 Å². The Kier molecular flexibility index (Phi) is 6.69. The Morgan fingerprint density at radius 1 is 1.36 bits per heavy atom. The zero-order valence-electron chi connectivity index (χ0n) is 15.5. The molecule has 2 aliphatic heterocycles. The summed E-state index contributed by atoms with van der Waals surface area (Å²) in [6.07, 6.45) is 8.16. The largest absolute Gasteiger partial charge is 0.376 e. The van der Waals surface area contributed by atoms with E-state index in [-0.39, 0.29) is 0 Å². The molecule has 0 aliphatic carbocycles. The van der Waals surface area contributed by atoms with Crippen LogP contribution in [0.5, 0.6) is 0 Å². The van der Waals surface area contributed by atoms with E-state index in [1.54, 1.807) is 0 Å². The van der Waals surface area contributed by atoms with E-state index in [9.17, 15) is 0 Å². The molecule has 1 aromatic rings. The summed E-state index contributed by atoms with van der Waals surface area (Å²) in [4.78, 5) is 6.74. The average molecular weight is 349 g/mol. The molecule has 0 spiro atoms. The van der Waals surface area contributed by atoms with Crippen molar-refractivity contribution in [1.82, 2.24) is 20.0 Å². The number of nitrogens with zero attached hydrogens (tertiary/aromatic N) is 4. The highest BCUT2D eigenvalue weighted by atomic mass is 16.5. The van der Waals surface area contributed by atoms with Gasteiger partial charge >= 0.3 is 0 Å². The number of guanidine groups is 1. The molecule has 2 saturated heterocycles. The Labute approximate surface area is 150 Å². The summed E-state index contributed by atoms with van der Waals surface area (Å²) in [5, 5.41) is 7.63. The van der Waals surface area contributed by atoms with Gasteiger partial charge in [-0.15, -0.1) is 0 Å². The number of likely N-dealkylation sites (tertiary alicyclic amines) is 1. The van der Waals surface area contributed by atoms with E-state index in [4.69, 9.17) is 9.47 Å². The van der Waals surface area contributed by atoms with Crippen LogP contribution < -0.4 is 5.32 Å². The lowest BCUT2D eigenvalue weighted by Gasteiger charge is -2.35. The zero-order valence-corrected chi connectivity index (χ0v) is 15.5. The van der Waals surface area contributed by atoms with Crippen LogP contribution in [0.25, 0.3) is 0 Å². The van der Waals surface area contributed by atoms with Crippen LogP contribution in [0.3, 0.4) is 0 Å². The molecule has 7 heteroatoms. The molecule has 1 aromatic heterocycles. The van der Waals surface area contributed by atoms with Gasteiger partial charge in [0, 0.05) is 40.0 Å². The third kappa shape index (κ3) is 5.19. The van der Waals surface area contributed by atoms with Gasteiger partial charge in [0.15, 0.2) is 5.96 Å². The Morgan fingerprint density at radius 2 is 2.20 bits per heavy atom. The number of rotatable bonds is 5. The molecule has 2 fully saturated rings. The fourth-order valence-corrected chi connectivity index (χ4v) is 3.49. The second kappa shape index (κ2) is 9.20. The predicted molar refractivity (Wildman–Crippen MR) is 97.5 cm³/mol. The van der Waals surface area contributed by atoms with Crippen molar-refractivity contribution in [2.24, 2.45) is 12.0 Å². The summed E-state index contributed by atoms with van der Waals surface area (Å²) in [6, 6.07) is 2.02. The van der Waals surface area contributed by atoms with Crippen LogP contribution in [0.15, 0.2) is 17.3 Å². The van der Waals surface area contributed by atoms with Gasteiger partial charge in [-0.05, 0) is 38.2 Å². The Hall–Kier alpha value is -1.60. The molecular formula is C18H31N5O2. The number of piperidine rings is 1. The third-order valence-electron chi connectivity index (χ3n) is 5.10. The van der Waals surface area contributed by atoms with Crippen LogP contribution in [-0.4, -0.2) is 66.2 Å². The fourth-order valence-electron chi connectivity index (χ4n) is 3.49. The number of nitrogens with one attached hydrogen (secondary N) is 1. The van der Waals surface area contributed by atoms with Gasteiger partial charge in [0.2, 0.25) is 0 Å². The van der Waals surface area contributed by atoms with Crippen LogP contribution in [-0.2, 0) is 23.1 Å². The molecule has 2 aliphatic rings. The molecule has 3 heterocycles. The number of aliphatic imine (C=N–C) groups is 1. The smallest absolute Gasteiger partial charge is 0.193 e. The van der Waals surface area contributed by atoms with Crippen molar-refractivity contribution in [1.29, 1.82) is 0 Å². The summed E-state index contributed by atoms with van der Waals surface area (Å²) >= 11 is 0. The van der Waals surface area contributed by atoms with Crippen molar-refractivity contribution in [2.75, 3.05) is 33.4 Å². The van der Waals surface area contributed by atoms with E-state index in [1.807, 2.05) is 31.0 Å². The van der Waals surface area contributed by atoms with Crippen molar-refractivity contribution in [2.45, 2.75) is 50.9 Å². The maximum absolute atomic E-state index is 6.10. The quantitative estimate of drug-likeness (QED) is 0.645. The van der Waals surface area contributed by atoms with Gasteiger partial charge in [-0.3, -0.25) is 9.67 Å². The maximum Gasteiger partial charge on any atom is 0.193 e. The van der Waals surface area contributed by atoms with E-state index in [0.29, 0.717) is 12.2 Å². The molecule has 140 valence electrons. The van der Waals surface area contributed by atoms with Gasteiger partial charge in [0.1, 0.15) is 0 Å². The van der Waals surface area contributed by atoms with Crippen molar-refractivity contribution in [3.05, 3.63) is 18.0 Å². The topological polar surface area (TPSA) is 63.9 Å². The first-order valence-corrected chi connectivity index (χ1v) is 9.42. The molecule has 0 radical (unpaired) electrons. The molecule has 1 unspecified atom stereocenters. The van der Waals surface area contributed by atoms with Gasteiger partial charge in [-0.1, -0.05) is 0 Å². The van der Waals surface area contributed by atoms with Gasteiger partial charge in [0.05, 0.1) is 31.1 Å². The van der Waals surface area contributed by atoms with E-state index in [0.717, 1.165) is 63.8 Å². The predicted octanol–water partition coefficient (Wildman–Crippen LogP) is 1.55. The highest BCUT2D eigenvalue weighted by Gasteiger charge is 2.23. The van der Waals surface area contributed by atoms with Gasteiger partial charge < -0.3 is 19.7 Å². The highest BCUT2D eigenvalue weighted by Crippen LogP contribution is 2.18. The number of ether oxygens (including phenoxy) is 2. The molecule has 0 amide bonds. The molecular weight excluding hydrogens is 318 g/mol. The standard InChI is InChI=1S/C18H31N5O2/c1-19-18(20-13-15-6-9-21-22(15)2)23-10-7-16(8-11-23)25-14-17-5-3-4-12-24-17/h6,9,16-17H,3-5,7-8,10-14H2,1-2H3,(H,19,20). The minimum Gasteiger partial charge on any atom is -0.376 e. The molecule has 25 heavy (non-hydrogen) atoms. The van der Waals surface area contributed by atoms with Gasteiger partial charge in [0.25, 0.3) is 0 Å². The van der Waals surface area contributed by atoms with Crippen molar-refractivity contribution >= 4 is 5.96 Å². The monoisotopic (exact) mass is 349 g/mol.